The van der Waals surface area contributed by atoms with Crippen LogP contribution in [-0.2, 0) is 16.4 Å². The van der Waals surface area contributed by atoms with Gasteiger partial charge in [-0.05, 0) is 30.7 Å². The molecular weight excluding hydrogens is 277 g/mol. The monoisotopic (exact) mass is 293 g/mol. The molecule has 0 aliphatic carbocycles. The number of halogens is 1. The van der Waals surface area contributed by atoms with Crippen molar-refractivity contribution in [2.75, 3.05) is 11.6 Å². The third kappa shape index (κ3) is 3.57. The molecule has 0 fully saturated rings. The fraction of sp³-hybridized carbons (Fsp3) is 0.200. The second-order valence-electron chi connectivity index (χ2n) is 4.76. The summed E-state index contributed by atoms with van der Waals surface area (Å²) in [7, 11) is -3.34. The van der Waals surface area contributed by atoms with E-state index < -0.39 is 15.7 Å². The largest absolute Gasteiger partial charge is 0.379 e. The lowest BCUT2D eigenvalue weighted by Gasteiger charge is -2.09. The maximum Gasteiger partial charge on any atom is 0.175 e. The van der Waals surface area contributed by atoms with Gasteiger partial charge in [-0.25, -0.2) is 12.8 Å². The Morgan fingerprint density at radius 1 is 1.15 bits per heavy atom. The average molecular weight is 293 g/mol. The van der Waals surface area contributed by atoms with Gasteiger partial charge in [0.1, 0.15) is 5.82 Å². The third-order valence-electron chi connectivity index (χ3n) is 2.93. The van der Waals surface area contributed by atoms with Crippen molar-refractivity contribution in [3.05, 3.63) is 59.4 Å². The second kappa shape index (κ2) is 5.63. The van der Waals surface area contributed by atoms with Crippen molar-refractivity contribution in [3.8, 4) is 0 Å². The Labute approximate surface area is 118 Å². The minimum atomic E-state index is -3.34. The summed E-state index contributed by atoms with van der Waals surface area (Å²) in [5.74, 6) is -0.468. The van der Waals surface area contributed by atoms with Crippen molar-refractivity contribution in [1.29, 1.82) is 0 Å². The molecule has 5 heteroatoms. The lowest BCUT2D eigenvalue weighted by molar-refractivity contribution is 0.600. The fourth-order valence-corrected chi connectivity index (χ4v) is 2.54. The third-order valence-corrected chi connectivity index (χ3v) is 4.04. The van der Waals surface area contributed by atoms with E-state index in [0.717, 1.165) is 23.4 Å². The van der Waals surface area contributed by atoms with E-state index in [0.29, 0.717) is 6.54 Å². The summed E-state index contributed by atoms with van der Waals surface area (Å²) in [5, 5.41) is 2.93. The number of sulfone groups is 1. The first kappa shape index (κ1) is 14.5. The van der Waals surface area contributed by atoms with Crippen LogP contribution in [0.1, 0.15) is 11.1 Å². The maximum atomic E-state index is 13.7. The molecule has 20 heavy (non-hydrogen) atoms. The maximum absolute atomic E-state index is 13.7. The minimum absolute atomic E-state index is 0.102. The summed E-state index contributed by atoms with van der Waals surface area (Å²) in [6.07, 6.45) is 1.10. The van der Waals surface area contributed by atoms with Crippen LogP contribution < -0.4 is 5.32 Å². The molecule has 1 N–H and O–H groups in total. The Kier molecular flexibility index (Phi) is 4.09. The molecule has 0 aliphatic rings. The predicted molar refractivity (Wildman–Crippen MR) is 78.0 cm³/mol. The first-order chi connectivity index (χ1) is 9.36. The lowest BCUT2D eigenvalue weighted by atomic mass is 10.1. The highest BCUT2D eigenvalue weighted by Crippen LogP contribution is 2.20. The lowest BCUT2D eigenvalue weighted by Crippen LogP contribution is -2.04. The van der Waals surface area contributed by atoms with Crippen molar-refractivity contribution in [1.82, 2.24) is 0 Å². The van der Waals surface area contributed by atoms with E-state index in [2.05, 4.69) is 5.32 Å². The molecule has 0 aromatic heterocycles. The molecule has 0 bridgehead atoms. The van der Waals surface area contributed by atoms with E-state index in [1.807, 2.05) is 31.2 Å². The Bertz CT molecular complexity index is 726. The summed E-state index contributed by atoms with van der Waals surface area (Å²) >= 11 is 0. The van der Waals surface area contributed by atoms with Crippen LogP contribution in [0.15, 0.2) is 47.4 Å². The smallest absolute Gasteiger partial charge is 0.175 e. The Morgan fingerprint density at radius 2 is 1.90 bits per heavy atom. The molecule has 0 radical (unpaired) electrons. The average Bonchev–Trinajstić information content (AvgIpc) is 2.36. The number of nitrogens with one attached hydrogen (secondary N) is 1. The van der Waals surface area contributed by atoms with E-state index in [-0.39, 0.29) is 10.6 Å². The standard InChI is InChI=1S/C15H16FNO2S/c1-11-4-3-5-12(8-11)10-17-15-9-13(20(2,18)19)6-7-14(15)16/h3-9,17H,10H2,1-2H3. The van der Waals surface area contributed by atoms with Gasteiger partial charge in [-0.15, -0.1) is 0 Å². The zero-order chi connectivity index (χ0) is 14.8. The van der Waals surface area contributed by atoms with E-state index in [9.17, 15) is 12.8 Å². The first-order valence-corrected chi connectivity index (χ1v) is 8.04. The highest BCUT2D eigenvalue weighted by Gasteiger charge is 2.10. The van der Waals surface area contributed by atoms with Crippen LogP contribution in [0.4, 0.5) is 10.1 Å². The van der Waals surface area contributed by atoms with Crippen molar-refractivity contribution in [3.63, 3.8) is 0 Å². The van der Waals surface area contributed by atoms with Crippen LogP contribution in [0.25, 0.3) is 0 Å². The molecule has 0 atom stereocenters. The van der Waals surface area contributed by atoms with Crippen LogP contribution in [0, 0.1) is 12.7 Å². The van der Waals surface area contributed by atoms with Crippen molar-refractivity contribution < 1.29 is 12.8 Å². The van der Waals surface area contributed by atoms with E-state index in [4.69, 9.17) is 0 Å². The van der Waals surface area contributed by atoms with Gasteiger partial charge in [0.15, 0.2) is 9.84 Å². The molecule has 2 aromatic carbocycles. The van der Waals surface area contributed by atoms with Crippen LogP contribution in [-0.4, -0.2) is 14.7 Å². The number of benzene rings is 2. The van der Waals surface area contributed by atoms with Gasteiger partial charge >= 0.3 is 0 Å². The van der Waals surface area contributed by atoms with Crippen LogP contribution in [0.5, 0.6) is 0 Å². The summed E-state index contributed by atoms with van der Waals surface area (Å²) in [4.78, 5) is 0.102. The number of rotatable bonds is 4. The SMILES string of the molecule is Cc1cccc(CNc2cc(S(C)(=O)=O)ccc2F)c1. The van der Waals surface area contributed by atoms with E-state index >= 15 is 0 Å². The van der Waals surface area contributed by atoms with Gasteiger partial charge in [0.2, 0.25) is 0 Å². The normalized spacial score (nSPS) is 11.3. The first-order valence-electron chi connectivity index (χ1n) is 6.15. The molecule has 0 saturated carbocycles. The molecular formula is C15H16FNO2S. The number of hydrogen-bond donors (Lipinski definition) is 1. The van der Waals surface area contributed by atoms with Gasteiger partial charge in [-0.1, -0.05) is 29.8 Å². The second-order valence-corrected chi connectivity index (χ2v) is 6.77. The molecule has 3 nitrogen and oxygen atoms in total. The molecule has 0 unspecified atom stereocenters. The van der Waals surface area contributed by atoms with Gasteiger partial charge in [0, 0.05) is 12.8 Å². The van der Waals surface area contributed by atoms with Crippen molar-refractivity contribution >= 4 is 15.5 Å². The quantitative estimate of drug-likeness (QED) is 0.881. The predicted octanol–water partition coefficient (Wildman–Crippen LogP) is 3.15. The van der Waals surface area contributed by atoms with Crippen LogP contribution in [0.3, 0.4) is 0 Å². The van der Waals surface area contributed by atoms with Crippen LogP contribution >= 0.6 is 0 Å². The molecule has 2 rings (SSSR count). The van der Waals surface area contributed by atoms with Gasteiger partial charge in [-0.2, -0.15) is 0 Å². The number of hydrogen-bond acceptors (Lipinski definition) is 3. The highest BCUT2D eigenvalue weighted by atomic mass is 32.2. The topological polar surface area (TPSA) is 46.2 Å². The number of anilines is 1. The van der Waals surface area contributed by atoms with Gasteiger partial charge < -0.3 is 5.32 Å². The Balaban J connectivity index is 2.21. The molecule has 0 heterocycles. The van der Waals surface area contributed by atoms with E-state index in [1.165, 1.54) is 12.1 Å². The summed E-state index contributed by atoms with van der Waals surface area (Å²) in [5.41, 5.74) is 2.32. The Hall–Kier alpha value is -1.88. The van der Waals surface area contributed by atoms with E-state index in [1.54, 1.807) is 0 Å². The summed E-state index contributed by atoms with van der Waals surface area (Å²) < 4.78 is 36.6. The highest BCUT2D eigenvalue weighted by molar-refractivity contribution is 7.90. The van der Waals surface area contributed by atoms with Crippen molar-refractivity contribution in [2.45, 2.75) is 18.4 Å². The van der Waals surface area contributed by atoms with Gasteiger partial charge in [-0.3, -0.25) is 0 Å². The minimum Gasteiger partial charge on any atom is -0.379 e. The molecule has 106 valence electrons. The van der Waals surface area contributed by atoms with Crippen LogP contribution in [0.2, 0.25) is 0 Å². The van der Waals surface area contributed by atoms with Crippen molar-refractivity contribution in [2.24, 2.45) is 0 Å². The molecule has 2 aromatic rings. The Morgan fingerprint density at radius 3 is 2.55 bits per heavy atom. The zero-order valence-corrected chi connectivity index (χ0v) is 12.2. The molecule has 0 spiro atoms. The number of aryl methyl sites for hydroxylation is 1. The van der Waals surface area contributed by atoms with Gasteiger partial charge in [0.25, 0.3) is 0 Å². The summed E-state index contributed by atoms with van der Waals surface area (Å²) in [6, 6.07) is 11.6. The van der Waals surface area contributed by atoms with Gasteiger partial charge in [0.05, 0.1) is 10.6 Å². The molecule has 0 saturated heterocycles. The zero-order valence-electron chi connectivity index (χ0n) is 11.4. The molecule has 0 aliphatic heterocycles. The fourth-order valence-electron chi connectivity index (χ4n) is 1.89. The summed E-state index contributed by atoms with van der Waals surface area (Å²) in [6.45, 7) is 2.42. The molecule has 0 amide bonds.